The normalized spacial score (nSPS) is 14.9. The van der Waals surface area contributed by atoms with Gasteiger partial charge in [-0.2, -0.15) is 0 Å². The number of thiophene rings is 1. The highest BCUT2D eigenvalue weighted by Crippen LogP contribution is 2.21. The van der Waals surface area contributed by atoms with E-state index in [0.29, 0.717) is 6.54 Å². The fourth-order valence-electron chi connectivity index (χ4n) is 3.11. The van der Waals surface area contributed by atoms with E-state index in [1.54, 1.807) is 11.3 Å². The molecule has 1 aliphatic heterocycles. The smallest absolute Gasteiger partial charge is 0.262 e. The summed E-state index contributed by atoms with van der Waals surface area (Å²) in [5.41, 5.74) is 2.21. The molecule has 0 N–H and O–H groups in total. The lowest BCUT2D eigenvalue weighted by Gasteiger charge is -2.18. The summed E-state index contributed by atoms with van der Waals surface area (Å²) in [5, 5.41) is 2.81. The van der Waals surface area contributed by atoms with Crippen LogP contribution in [-0.2, 0) is 19.5 Å². The molecule has 0 unspecified atom stereocenters. The van der Waals surface area contributed by atoms with Gasteiger partial charge in [0.05, 0.1) is 11.1 Å². The molecule has 0 aromatic carbocycles. The summed E-state index contributed by atoms with van der Waals surface area (Å²) in [4.78, 5) is 25.1. The van der Waals surface area contributed by atoms with Crippen LogP contribution in [0.25, 0.3) is 10.2 Å². The molecule has 3 aromatic rings. The first-order valence-corrected chi connectivity index (χ1v) is 8.70. The van der Waals surface area contributed by atoms with Gasteiger partial charge < -0.3 is 0 Å². The molecule has 1 aliphatic rings. The van der Waals surface area contributed by atoms with Gasteiger partial charge in [-0.3, -0.25) is 19.2 Å². The molecule has 5 nitrogen and oxygen atoms in total. The van der Waals surface area contributed by atoms with E-state index in [-0.39, 0.29) is 18.0 Å². The number of halogens is 1. The molecule has 3 aromatic heterocycles. The lowest BCUT2D eigenvalue weighted by Crippen LogP contribution is -2.29. The lowest BCUT2D eigenvalue weighted by atomic mass is 10.2. The standard InChI is InChI=1S/C17H18N4OS.ClH/c1-12-11-23-16-15(12)17(22)21-9-8-20(7-5-14(21)19-16)10-13-4-2-3-6-18-13;/h2-4,6,11H,5,7-10H2,1H3;1H. The summed E-state index contributed by atoms with van der Waals surface area (Å²) in [7, 11) is 0. The first-order chi connectivity index (χ1) is 11.2. The minimum atomic E-state index is 0. The Morgan fingerprint density at radius 3 is 2.92 bits per heavy atom. The number of pyridine rings is 1. The highest BCUT2D eigenvalue weighted by molar-refractivity contribution is 7.16. The summed E-state index contributed by atoms with van der Waals surface area (Å²) in [6.07, 6.45) is 2.62. The van der Waals surface area contributed by atoms with E-state index in [1.165, 1.54) is 0 Å². The maximum Gasteiger partial charge on any atom is 0.262 e. The molecule has 0 bridgehead atoms. The van der Waals surface area contributed by atoms with Crippen LogP contribution in [0.3, 0.4) is 0 Å². The minimum absolute atomic E-state index is 0. The Bertz CT molecular complexity index is 906. The fraction of sp³-hybridized carbons (Fsp3) is 0.353. The Kier molecular flexibility index (Phi) is 4.99. The number of aryl methyl sites for hydroxylation is 1. The van der Waals surface area contributed by atoms with Crippen molar-refractivity contribution in [3.05, 3.63) is 57.2 Å². The molecule has 7 heteroatoms. The molecule has 0 saturated carbocycles. The van der Waals surface area contributed by atoms with Crippen molar-refractivity contribution in [3.8, 4) is 0 Å². The summed E-state index contributed by atoms with van der Waals surface area (Å²) in [5.74, 6) is 0.910. The molecular weight excluding hydrogens is 344 g/mol. The molecule has 4 rings (SSSR count). The van der Waals surface area contributed by atoms with Crippen molar-refractivity contribution in [2.45, 2.75) is 26.4 Å². The van der Waals surface area contributed by atoms with Crippen molar-refractivity contribution in [2.24, 2.45) is 0 Å². The number of fused-ring (bicyclic) bond motifs is 2. The predicted octanol–water partition coefficient (Wildman–Crippen LogP) is 2.64. The molecule has 24 heavy (non-hydrogen) atoms. The maximum atomic E-state index is 12.8. The molecule has 0 saturated heterocycles. The van der Waals surface area contributed by atoms with Crippen molar-refractivity contribution in [3.63, 3.8) is 0 Å². The van der Waals surface area contributed by atoms with E-state index in [1.807, 2.05) is 41.3 Å². The van der Waals surface area contributed by atoms with Crippen molar-refractivity contribution >= 4 is 34.0 Å². The van der Waals surface area contributed by atoms with Gasteiger partial charge in [0.1, 0.15) is 10.7 Å². The molecule has 0 atom stereocenters. The number of hydrogen-bond donors (Lipinski definition) is 0. The molecule has 0 amide bonds. The fourth-order valence-corrected chi connectivity index (χ4v) is 4.05. The van der Waals surface area contributed by atoms with Crippen molar-refractivity contribution in [1.82, 2.24) is 19.4 Å². The second kappa shape index (κ2) is 7.01. The quantitative estimate of drug-likeness (QED) is 0.703. The summed E-state index contributed by atoms with van der Waals surface area (Å²) >= 11 is 1.56. The zero-order chi connectivity index (χ0) is 15.8. The van der Waals surface area contributed by atoms with Crippen LogP contribution < -0.4 is 5.56 Å². The largest absolute Gasteiger partial charge is 0.295 e. The summed E-state index contributed by atoms with van der Waals surface area (Å²) in [6.45, 7) is 5.24. The first kappa shape index (κ1) is 17.1. The van der Waals surface area contributed by atoms with E-state index in [9.17, 15) is 4.79 Å². The monoisotopic (exact) mass is 362 g/mol. The van der Waals surface area contributed by atoms with E-state index in [2.05, 4.69) is 9.88 Å². The SMILES string of the molecule is Cc1csc2nc3n(c(=O)c12)CCN(Cc1ccccn1)CC3.Cl. The van der Waals surface area contributed by atoms with Crippen LogP contribution in [0, 0.1) is 6.92 Å². The zero-order valence-corrected chi connectivity index (χ0v) is 15.1. The molecule has 4 heterocycles. The van der Waals surface area contributed by atoms with E-state index < -0.39 is 0 Å². The number of nitrogens with zero attached hydrogens (tertiary/aromatic N) is 4. The van der Waals surface area contributed by atoms with Gasteiger partial charge in [0.25, 0.3) is 5.56 Å². The van der Waals surface area contributed by atoms with Crippen LogP contribution in [0.4, 0.5) is 0 Å². The molecule has 126 valence electrons. The number of rotatable bonds is 2. The average Bonchev–Trinajstić information content (AvgIpc) is 2.81. The average molecular weight is 363 g/mol. The van der Waals surface area contributed by atoms with Gasteiger partial charge >= 0.3 is 0 Å². The Morgan fingerprint density at radius 1 is 1.25 bits per heavy atom. The summed E-state index contributed by atoms with van der Waals surface area (Å²) < 4.78 is 1.86. The Morgan fingerprint density at radius 2 is 2.12 bits per heavy atom. The summed E-state index contributed by atoms with van der Waals surface area (Å²) in [6, 6.07) is 5.99. The Hall–Kier alpha value is -1.76. The van der Waals surface area contributed by atoms with Crippen molar-refractivity contribution < 1.29 is 0 Å². The van der Waals surface area contributed by atoms with Crippen LogP contribution in [0.1, 0.15) is 17.1 Å². The highest BCUT2D eigenvalue weighted by atomic mass is 35.5. The van der Waals surface area contributed by atoms with Crippen molar-refractivity contribution in [1.29, 1.82) is 0 Å². The zero-order valence-electron chi connectivity index (χ0n) is 13.4. The van der Waals surface area contributed by atoms with Gasteiger partial charge in [-0.15, -0.1) is 23.7 Å². The topological polar surface area (TPSA) is 51.0 Å². The number of hydrogen-bond acceptors (Lipinski definition) is 5. The van der Waals surface area contributed by atoms with Gasteiger partial charge in [0, 0.05) is 38.8 Å². The maximum absolute atomic E-state index is 12.8. The highest BCUT2D eigenvalue weighted by Gasteiger charge is 2.19. The lowest BCUT2D eigenvalue weighted by molar-refractivity contribution is 0.268. The Balaban J connectivity index is 0.00000169. The number of aromatic nitrogens is 3. The van der Waals surface area contributed by atoms with Crippen LogP contribution in [0.15, 0.2) is 34.6 Å². The van der Waals surface area contributed by atoms with Crippen LogP contribution in [0.2, 0.25) is 0 Å². The molecule has 0 radical (unpaired) electrons. The van der Waals surface area contributed by atoms with Gasteiger partial charge in [0.15, 0.2) is 0 Å². The van der Waals surface area contributed by atoms with Gasteiger partial charge in [-0.1, -0.05) is 6.07 Å². The second-order valence-electron chi connectivity index (χ2n) is 5.93. The molecular formula is C17H19ClN4OS. The van der Waals surface area contributed by atoms with Gasteiger partial charge in [-0.05, 0) is 30.0 Å². The third kappa shape index (κ3) is 3.09. The molecule has 0 fully saturated rings. The molecule has 0 aliphatic carbocycles. The van der Waals surface area contributed by atoms with E-state index in [4.69, 9.17) is 4.98 Å². The predicted molar refractivity (Wildman–Crippen MR) is 99.1 cm³/mol. The third-order valence-electron chi connectivity index (χ3n) is 4.36. The van der Waals surface area contributed by atoms with Crippen LogP contribution >= 0.6 is 23.7 Å². The van der Waals surface area contributed by atoms with E-state index in [0.717, 1.165) is 53.4 Å². The Labute approximate surface area is 150 Å². The third-order valence-corrected chi connectivity index (χ3v) is 5.35. The van der Waals surface area contributed by atoms with Crippen molar-refractivity contribution in [2.75, 3.05) is 13.1 Å². The van der Waals surface area contributed by atoms with Gasteiger partial charge in [-0.25, -0.2) is 4.98 Å². The first-order valence-electron chi connectivity index (χ1n) is 7.82. The van der Waals surface area contributed by atoms with Crippen LogP contribution in [0.5, 0.6) is 0 Å². The second-order valence-corrected chi connectivity index (χ2v) is 6.79. The minimum Gasteiger partial charge on any atom is -0.295 e. The van der Waals surface area contributed by atoms with Crippen LogP contribution in [-0.4, -0.2) is 32.5 Å². The van der Waals surface area contributed by atoms with E-state index >= 15 is 0 Å². The molecule has 0 spiro atoms. The van der Waals surface area contributed by atoms with Gasteiger partial charge in [0.2, 0.25) is 0 Å².